The van der Waals surface area contributed by atoms with Crippen LogP contribution in [-0.4, -0.2) is 78.5 Å². The summed E-state index contributed by atoms with van der Waals surface area (Å²) in [6.45, 7) is 8.42. The number of aromatic nitrogens is 1. The summed E-state index contributed by atoms with van der Waals surface area (Å²) in [5.74, 6) is 3.80. The molecule has 0 bridgehead atoms. The van der Waals surface area contributed by atoms with Gasteiger partial charge in [-0.25, -0.2) is 0 Å². The monoisotopic (exact) mass is 390 g/mol. The summed E-state index contributed by atoms with van der Waals surface area (Å²) in [6, 6.07) is 8.22. The van der Waals surface area contributed by atoms with Gasteiger partial charge in [-0.2, -0.15) is 0 Å². The van der Waals surface area contributed by atoms with Crippen LogP contribution in [0, 0.1) is 18.3 Å². The predicted molar refractivity (Wildman–Crippen MR) is 117 cm³/mol. The quantitative estimate of drug-likeness (QED) is 0.755. The van der Waals surface area contributed by atoms with Gasteiger partial charge in [0.05, 0.1) is 17.6 Å². The normalized spacial score (nSPS) is 23.8. The van der Waals surface area contributed by atoms with Crippen LogP contribution in [-0.2, 0) is 4.79 Å². The number of carbonyl (C=O) groups is 1. The number of nitrogens with zero attached hydrogens (tertiary/aromatic N) is 4. The van der Waals surface area contributed by atoms with E-state index in [0.29, 0.717) is 18.4 Å². The summed E-state index contributed by atoms with van der Waals surface area (Å²) in [6.07, 6.45) is 8.55. The fourth-order valence-corrected chi connectivity index (χ4v) is 4.74. The lowest BCUT2D eigenvalue weighted by molar-refractivity contribution is -0.134. The third-order valence-electron chi connectivity index (χ3n) is 6.37. The number of fused-ring (bicyclic) bond motifs is 1. The molecule has 4 rings (SSSR count). The maximum Gasteiger partial charge on any atom is 0.236 e. The van der Waals surface area contributed by atoms with Gasteiger partial charge >= 0.3 is 0 Å². The Morgan fingerprint density at radius 3 is 2.76 bits per heavy atom. The van der Waals surface area contributed by atoms with E-state index in [1.54, 1.807) is 6.20 Å². The van der Waals surface area contributed by atoms with Crippen LogP contribution in [0.2, 0.25) is 0 Å². The molecule has 1 aromatic heterocycles. The third kappa shape index (κ3) is 4.29. The summed E-state index contributed by atoms with van der Waals surface area (Å²) < 4.78 is 0. The molecule has 0 N–H and O–H groups in total. The molecule has 5 heteroatoms. The maximum atomic E-state index is 13.1. The van der Waals surface area contributed by atoms with Crippen LogP contribution in [0.15, 0.2) is 30.5 Å². The molecule has 0 radical (unpaired) electrons. The molecule has 1 aromatic carbocycles. The average Bonchev–Trinajstić information content (AvgIpc) is 2.74. The van der Waals surface area contributed by atoms with Crippen LogP contribution < -0.4 is 0 Å². The number of piperidine rings is 1. The molecule has 2 saturated heterocycles. The standard InChI is InChI=1S/C24H30N4O/c1-4-19-7-8-21(22-6-5-9-25-24(19)22)20-14-18(2)15-28(16-20)23(29)17-27-12-10-26(3)11-13-27/h1,5-9,18,20H,10-17H2,2-3H3/t18-,20-/m1/s1. The molecule has 2 fully saturated rings. The average molecular weight is 391 g/mol. The molecule has 1 amide bonds. The molecular formula is C24H30N4O. The first-order valence-corrected chi connectivity index (χ1v) is 10.6. The minimum absolute atomic E-state index is 0.258. The van der Waals surface area contributed by atoms with E-state index < -0.39 is 0 Å². The SMILES string of the molecule is C#Cc1ccc([C@@H]2C[C@@H](C)CN(C(=O)CN3CCN(C)CC3)C2)c2cccnc12. The lowest BCUT2D eigenvalue weighted by atomic mass is 9.83. The molecule has 2 aliphatic heterocycles. The van der Waals surface area contributed by atoms with E-state index in [-0.39, 0.29) is 5.91 Å². The summed E-state index contributed by atoms with van der Waals surface area (Å²) in [5.41, 5.74) is 2.98. The van der Waals surface area contributed by atoms with Crippen LogP contribution in [0.5, 0.6) is 0 Å². The Morgan fingerprint density at radius 1 is 1.21 bits per heavy atom. The lowest BCUT2D eigenvalue weighted by Crippen LogP contribution is -2.51. The second kappa shape index (κ2) is 8.52. The van der Waals surface area contributed by atoms with Crippen molar-refractivity contribution in [3.05, 3.63) is 41.6 Å². The van der Waals surface area contributed by atoms with E-state index in [2.05, 4.69) is 51.7 Å². The molecular weight excluding hydrogens is 360 g/mol. The molecule has 0 unspecified atom stereocenters. The number of likely N-dealkylation sites (N-methyl/N-ethyl adjacent to an activating group) is 1. The summed E-state index contributed by atoms with van der Waals surface area (Å²) in [5, 5.41) is 1.12. The molecule has 2 aromatic rings. The van der Waals surface area contributed by atoms with Crippen LogP contribution >= 0.6 is 0 Å². The molecule has 5 nitrogen and oxygen atoms in total. The number of terminal acetylenes is 1. The highest BCUT2D eigenvalue weighted by molar-refractivity contribution is 5.88. The number of piperazine rings is 1. The minimum atomic E-state index is 0.258. The number of amides is 1. The maximum absolute atomic E-state index is 13.1. The van der Waals surface area contributed by atoms with E-state index in [1.807, 2.05) is 12.1 Å². The second-order valence-corrected chi connectivity index (χ2v) is 8.66. The highest BCUT2D eigenvalue weighted by Gasteiger charge is 2.31. The first kappa shape index (κ1) is 19.9. The number of pyridine rings is 1. The molecule has 0 aliphatic carbocycles. The molecule has 2 aliphatic rings. The van der Waals surface area contributed by atoms with Gasteiger partial charge < -0.3 is 9.80 Å². The van der Waals surface area contributed by atoms with Crippen LogP contribution in [0.4, 0.5) is 0 Å². The van der Waals surface area contributed by atoms with Gasteiger partial charge in [-0.1, -0.05) is 25.0 Å². The van der Waals surface area contributed by atoms with E-state index in [1.165, 1.54) is 5.56 Å². The van der Waals surface area contributed by atoms with Gasteiger partial charge in [0.25, 0.3) is 0 Å². The van der Waals surface area contributed by atoms with Gasteiger partial charge in [0.2, 0.25) is 5.91 Å². The summed E-state index contributed by atoms with van der Waals surface area (Å²) in [4.78, 5) is 24.3. The first-order valence-electron chi connectivity index (χ1n) is 10.6. The highest BCUT2D eigenvalue weighted by Crippen LogP contribution is 2.34. The largest absolute Gasteiger partial charge is 0.341 e. The van der Waals surface area contributed by atoms with Crippen molar-refractivity contribution in [3.63, 3.8) is 0 Å². The van der Waals surface area contributed by atoms with Crippen molar-refractivity contribution in [1.82, 2.24) is 19.7 Å². The van der Waals surface area contributed by atoms with Gasteiger partial charge in [0.1, 0.15) is 0 Å². The Kier molecular flexibility index (Phi) is 5.84. The van der Waals surface area contributed by atoms with Crippen molar-refractivity contribution in [2.24, 2.45) is 5.92 Å². The summed E-state index contributed by atoms with van der Waals surface area (Å²) >= 11 is 0. The Labute approximate surface area is 173 Å². The smallest absolute Gasteiger partial charge is 0.236 e. The Balaban J connectivity index is 1.53. The first-order chi connectivity index (χ1) is 14.0. The summed E-state index contributed by atoms with van der Waals surface area (Å²) in [7, 11) is 2.14. The van der Waals surface area contributed by atoms with Crippen LogP contribution in [0.1, 0.15) is 30.4 Å². The van der Waals surface area contributed by atoms with E-state index in [0.717, 1.165) is 62.2 Å². The molecule has 0 spiro atoms. The van der Waals surface area contributed by atoms with Crippen LogP contribution in [0.25, 0.3) is 10.9 Å². The Morgan fingerprint density at radius 2 is 2.00 bits per heavy atom. The van der Waals surface area contributed by atoms with Crippen molar-refractivity contribution in [3.8, 4) is 12.3 Å². The van der Waals surface area contributed by atoms with Gasteiger partial charge in [0, 0.05) is 56.8 Å². The zero-order chi connectivity index (χ0) is 20.4. The van der Waals surface area contributed by atoms with Gasteiger partial charge in [-0.05, 0) is 37.1 Å². The second-order valence-electron chi connectivity index (χ2n) is 8.66. The number of rotatable bonds is 3. The van der Waals surface area contributed by atoms with Crippen molar-refractivity contribution < 1.29 is 4.79 Å². The minimum Gasteiger partial charge on any atom is -0.341 e. The zero-order valence-electron chi connectivity index (χ0n) is 17.5. The number of carbonyl (C=O) groups excluding carboxylic acids is 1. The number of hydrogen-bond acceptors (Lipinski definition) is 4. The van der Waals surface area contributed by atoms with Crippen LogP contribution in [0.3, 0.4) is 0 Å². The number of likely N-dealkylation sites (tertiary alicyclic amines) is 1. The Hall–Kier alpha value is -2.42. The number of hydrogen-bond donors (Lipinski definition) is 0. The Bertz CT molecular complexity index is 926. The predicted octanol–water partition coefficient (Wildman–Crippen LogP) is 2.42. The van der Waals surface area contributed by atoms with E-state index in [9.17, 15) is 4.79 Å². The van der Waals surface area contributed by atoms with Crippen molar-refractivity contribution in [2.75, 3.05) is 52.9 Å². The van der Waals surface area contributed by atoms with Crippen molar-refractivity contribution in [1.29, 1.82) is 0 Å². The molecule has 3 heterocycles. The molecule has 29 heavy (non-hydrogen) atoms. The van der Waals surface area contributed by atoms with Gasteiger partial charge in [0.15, 0.2) is 0 Å². The highest BCUT2D eigenvalue weighted by atomic mass is 16.2. The van der Waals surface area contributed by atoms with E-state index >= 15 is 0 Å². The van der Waals surface area contributed by atoms with Gasteiger partial charge in [-0.15, -0.1) is 6.42 Å². The fourth-order valence-electron chi connectivity index (χ4n) is 4.74. The molecule has 2 atom stereocenters. The molecule has 152 valence electrons. The van der Waals surface area contributed by atoms with Gasteiger partial charge in [-0.3, -0.25) is 14.7 Å². The van der Waals surface area contributed by atoms with E-state index in [4.69, 9.17) is 6.42 Å². The third-order valence-corrected chi connectivity index (χ3v) is 6.37. The van der Waals surface area contributed by atoms with Crippen molar-refractivity contribution in [2.45, 2.75) is 19.3 Å². The fraction of sp³-hybridized carbons (Fsp3) is 0.500. The van der Waals surface area contributed by atoms with Crippen molar-refractivity contribution >= 4 is 16.8 Å². The lowest BCUT2D eigenvalue weighted by Gasteiger charge is -2.39. The zero-order valence-corrected chi connectivity index (χ0v) is 17.5. The molecule has 0 saturated carbocycles. The topological polar surface area (TPSA) is 39.7 Å². The number of benzene rings is 1.